The number of anilines is 2. The monoisotopic (exact) mass is 721 g/mol. The number of benzene rings is 5. The second-order valence-corrected chi connectivity index (χ2v) is 12.8. The number of hydrogen-bond donors (Lipinski definition) is 4. The molecule has 14 nitrogen and oxygen atoms in total. The Balaban J connectivity index is 1.42. The summed E-state index contributed by atoms with van der Waals surface area (Å²) in [6.07, 6.45) is 2.99. The first-order valence-corrected chi connectivity index (χ1v) is 17.0. The Hall–Kier alpha value is -6.84. The van der Waals surface area contributed by atoms with Crippen LogP contribution in [0.25, 0.3) is 6.08 Å². The van der Waals surface area contributed by atoms with E-state index in [0.717, 1.165) is 28.2 Å². The molecule has 0 heterocycles. The summed E-state index contributed by atoms with van der Waals surface area (Å²) in [6.45, 7) is 1.70. The van der Waals surface area contributed by atoms with Crippen molar-refractivity contribution in [1.82, 2.24) is 10.2 Å². The van der Waals surface area contributed by atoms with Gasteiger partial charge in [-0.25, -0.2) is 23.4 Å². The van der Waals surface area contributed by atoms with Crippen LogP contribution in [0.2, 0.25) is 0 Å². The summed E-state index contributed by atoms with van der Waals surface area (Å²) in [6, 6.07) is 29.8. The first-order valence-electron chi connectivity index (χ1n) is 15.5. The molecule has 0 aliphatic heterocycles. The van der Waals surface area contributed by atoms with Gasteiger partial charge in [0.05, 0.1) is 21.9 Å². The molecule has 5 rings (SSSR count). The van der Waals surface area contributed by atoms with Crippen LogP contribution >= 0.6 is 0 Å². The quantitative estimate of drug-likeness (QED) is 0.0476. The van der Waals surface area contributed by atoms with Gasteiger partial charge in [-0.15, -0.1) is 0 Å². The molecule has 15 heteroatoms. The predicted molar refractivity (Wildman–Crippen MR) is 192 cm³/mol. The minimum Gasteiger partial charge on any atom is -0.456 e. The first kappa shape index (κ1) is 36.4. The summed E-state index contributed by atoms with van der Waals surface area (Å²) in [7, 11) is -4.75. The van der Waals surface area contributed by atoms with Crippen LogP contribution in [0.1, 0.15) is 27.0 Å². The van der Waals surface area contributed by atoms with Crippen molar-refractivity contribution in [3.63, 3.8) is 0 Å². The smallest absolute Gasteiger partial charge is 0.346 e. The SMILES string of the molecule is Cc1ccccc1C=CC(=O)Nc1ccc(C(=O)NS(=O)(=O)c2ccc(N(Cc3ccccc3)C(=O)NO)c([N+](=O)[O-])c2)c(Oc2ccccc2)c1. The fourth-order valence-electron chi connectivity index (χ4n) is 4.98. The minimum absolute atomic E-state index is 0.104. The lowest BCUT2D eigenvalue weighted by molar-refractivity contribution is -0.384. The number of sulfonamides is 1. The van der Waals surface area contributed by atoms with Gasteiger partial charge in [0.1, 0.15) is 17.2 Å². The van der Waals surface area contributed by atoms with Gasteiger partial charge in [0, 0.05) is 23.9 Å². The number of hydroxylamine groups is 1. The number of nitrogens with one attached hydrogen (secondary N) is 3. The molecule has 0 unspecified atom stereocenters. The van der Waals surface area contributed by atoms with Crippen LogP contribution in [0.3, 0.4) is 0 Å². The van der Waals surface area contributed by atoms with Crippen molar-refractivity contribution in [3.8, 4) is 11.5 Å². The van der Waals surface area contributed by atoms with Crippen LogP contribution in [-0.4, -0.2) is 36.4 Å². The largest absolute Gasteiger partial charge is 0.456 e. The molecule has 0 aliphatic rings. The lowest BCUT2D eigenvalue weighted by atomic mass is 10.1. The summed E-state index contributed by atoms with van der Waals surface area (Å²) in [4.78, 5) is 50.2. The summed E-state index contributed by atoms with van der Waals surface area (Å²) in [5, 5.41) is 24.1. The number of nitrogens with zero attached hydrogens (tertiary/aromatic N) is 2. The van der Waals surface area contributed by atoms with Crippen molar-refractivity contribution in [3.05, 3.63) is 160 Å². The van der Waals surface area contributed by atoms with Crippen LogP contribution in [0.5, 0.6) is 11.5 Å². The van der Waals surface area contributed by atoms with Crippen molar-refractivity contribution in [1.29, 1.82) is 0 Å². The number of amides is 4. The summed E-state index contributed by atoms with van der Waals surface area (Å²) < 4.78 is 34.7. The van der Waals surface area contributed by atoms with Gasteiger partial charge in [0.15, 0.2) is 0 Å². The highest BCUT2D eigenvalue weighted by atomic mass is 32.2. The zero-order chi connectivity index (χ0) is 37.3. The van der Waals surface area contributed by atoms with Gasteiger partial charge in [-0.2, -0.15) is 0 Å². The molecule has 0 saturated heterocycles. The van der Waals surface area contributed by atoms with Gasteiger partial charge in [-0.1, -0.05) is 72.8 Å². The van der Waals surface area contributed by atoms with E-state index >= 15 is 0 Å². The fraction of sp³-hybridized carbons (Fsp3) is 0.0541. The molecular formula is C37H31N5O9S. The number of urea groups is 1. The van der Waals surface area contributed by atoms with E-state index in [-0.39, 0.29) is 29.2 Å². The number of hydrogen-bond acceptors (Lipinski definition) is 9. The molecule has 0 bridgehead atoms. The highest BCUT2D eigenvalue weighted by Crippen LogP contribution is 2.33. The maximum Gasteiger partial charge on any atom is 0.346 e. The van der Waals surface area contributed by atoms with Crippen LogP contribution in [0, 0.1) is 17.0 Å². The molecule has 4 N–H and O–H groups in total. The van der Waals surface area contributed by atoms with Gasteiger partial charge in [0.25, 0.3) is 21.6 Å². The van der Waals surface area contributed by atoms with Crippen LogP contribution in [0.4, 0.5) is 21.9 Å². The maximum absolute atomic E-state index is 13.5. The van der Waals surface area contributed by atoms with Gasteiger partial charge in [-0.3, -0.25) is 29.8 Å². The van der Waals surface area contributed by atoms with E-state index in [0.29, 0.717) is 17.4 Å². The Morgan fingerprint density at radius 2 is 1.56 bits per heavy atom. The van der Waals surface area contributed by atoms with Crippen molar-refractivity contribution in [2.75, 3.05) is 10.2 Å². The Bertz CT molecular complexity index is 2260. The van der Waals surface area contributed by atoms with Crippen molar-refractivity contribution in [2.45, 2.75) is 18.4 Å². The van der Waals surface area contributed by atoms with Gasteiger partial charge < -0.3 is 10.1 Å². The van der Waals surface area contributed by atoms with E-state index in [1.807, 2.05) is 35.9 Å². The summed E-state index contributed by atoms with van der Waals surface area (Å²) >= 11 is 0. The number of ether oxygens (including phenoxy) is 1. The van der Waals surface area contributed by atoms with Gasteiger partial charge >= 0.3 is 6.03 Å². The Kier molecular flexibility index (Phi) is 11.4. The van der Waals surface area contributed by atoms with Crippen molar-refractivity contribution in [2.24, 2.45) is 0 Å². The van der Waals surface area contributed by atoms with E-state index in [2.05, 4.69) is 5.32 Å². The average molecular weight is 722 g/mol. The minimum atomic E-state index is -4.75. The number of rotatable bonds is 12. The Morgan fingerprint density at radius 3 is 2.23 bits per heavy atom. The standard InChI is InChI=1S/C37H31N5O9S/c1-25-10-8-9-13-27(25)16-21-35(43)38-28-17-19-31(34(22-28)51-29-14-6-3-7-15-29)36(44)40-52(49,50)30-18-20-32(33(23-30)42(47)48)41(37(45)39-46)24-26-11-4-2-5-12-26/h2-23,46H,24H2,1H3,(H,38,43)(H,39,45)(H,40,44). The second kappa shape index (κ2) is 16.2. The number of carbonyl (C=O) groups excluding carboxylic acids is 3. The van der Waals surface area contributed by atoms with Crippen LogP contribution in [-0.2, 0) is 21.4 Å². The lowest BCUT2D eigenvalue weighted by Crippen LogP contribution is -2.38. The number of para-hydroxylation sites is 1. The molecule has 0 atom stereocenters. The highest BCUT2D eigenvalue weighted by Gasteiger charge is 2.29. The molecule has 52 heavy (non-hydrogen) atoms. The Morgan fingerprint density at radius 1 is 0.885 bits per heavy atom. The van der Waals surface area contributed by atoms with Crippen LogP contribution < -0.4 is 25.2 Å². The van der Waals surface area contributed by atoms with E-state index in [4.69, 9.17) is 4.74 Å². The number of aryl methyl sites for hydroxylation is 1. The first-order chi connectivity index (χ1) is 24.9. The molecule has 0 saturated carbocycles. The topological polar surface area (TPSA) is 197 Å². The zero-order valence-corrected chi connectivity index (χ0v) is 28.2. The van der Waals surface area contributed by atoms with E-state index in [9.17, 15) is 38.1 Å². The predicted octanol–water partition coefficient (Wildman–Crippen LogP) is 6.57. The van der Waals surface area contributed by atoms with Crippen molar-refractivity contribution < 1.29 is 37.7 Å². The molecule has 0 spiro atoms. The molecule has 0 fully saturated rings. The highest BCUT2D eigenvalue weighted by molar-refractivity contribution is 7.90. The molecule has 264 valence electrons. The number of nitro groups is 1. The van der Waals surface area contributed by atoms with Gasteiger partial charge in [-0.05, 0) is 66.1 Å². The second-order valence-electron chi connectivity index (χ2n) is 11.1. The molecule has 0 radical (unpaired) electrons. The van der Waals surface area contributed by atoms with Crippen molar-refractivity contribution >= 4 is 51.0 Å². The molecule has 0 aromatic heterocycles. The van der Waals surface area contributed by atoms with E-state index in [1.54, 1.807) is 66.7 Å². The van der Waals surface area contributed by atoms with E-state index < -0.39 is 43.4 Å². The third-order valence-electron chi connectivity index (χ3n) is 7.56. The third-order valence-corrected chi connectivity index (χ3v) is 8.89. The van der Waals surface area contributed by atoms with Gasteiger partial charge in [0.2, 0.25) is 5.91 Å². The molecular weight excluding hydrogens is 691 g/mol. The molecule has 5 aromatic carbocycles. The lowest BCUT2D eigenvalue weighted by Gasteiger charge is -2.22. The normalized spacial score (nSPS) is 11.0. The molecule has 5 aromatic rings. The molecule has 4 amide bonds. The average Bonchev–Trinajstić information content (AvgIpc) is 3.13. The zero-order valence-electron chi connectivity index (χ0n) is 27.4. The van der Waals surface area contributed by atoms with E-state index in [1.165, 1.54) is 29.8 Å². The summed E-state index contributed by atoms with van der Waals surface area (Å²) in [5.41, 5.74) is 2.71. The number of carbonyl (C=O) groups is 3. The van der Waals surface area contributed by atoms with Crippen LogP contribution in [0.15, 0.2) is 132 Å². The molecule has 0 aliphatic carbocycles. The number of nitro benzene ring substituents is 1. The fourth-order valence-corrected chi connectivity index (χ4v) is 5.97. The maximum atomic E-state index is 13.5. The third kappa shape index (κ3) is 9.03. The summed E-state index contributed by atoms with van der Waals surface area (Å²) in [5.74, 6) is -1.41. The Labute approximate surface area is 298 Å².